The summed E-state index contributed by atoms with van der Waals surface area (Å²) in [4.78, 5) is 12.0. The number of amides is 1. The maximum absolute atomic E-state index is 12.2. The molecule has 0 fully saturated rings. The summed E-state index contributed by atoms with van der Waals surface area (Å²) in [6, 6.07) is 13.5. The van der Waals surface area contributed by atoms with E-state index in [0.29, 0.717) is 22.6 Å². The SMILES string of the molecule is N#Cc1ccc(CS(=O)(=O)CC(=O)NCc2ccc3c(c2)OCO3)cc1. The molecule has 0 saturated carbocycles. The maximum Gasteiger partial charge on any atom is 0.235 e. The predicted octanol–water partition coefficient (Wildman–Crippen LogP) is 1.52. The van der Waals surface area contributed by atoms with Crippen LogP contribution in [0, 0.1) is 11.3 Å². The third-order valence-electron chi connectivity index (χ3n) is 3.75. The summed E-state index contributed by atoms with van der Waals surface area (Å²) in [5.74, 6) is -0.181. The Morgan fingerprint density at radius 3 is 2.50 bits per heavy atom. The number of ether oxygens (including phenoxy) is 2. The molecule has 0 bridgehead atoms. The van der Waals surface area contributed by atoms with Crippen molar-refractivity contribution in [3.63, 3.8) is 0 Å². The Bertz CT molecular complexity index is 962. The molecule has 0 spiro atoms. The molecule has 2 aromatic rings. The molecule has 3 rings (SSSR count). The molecule has 1 aliphatic rings. The van der Waals surface area contributed by atoms with Crippen LogP contribution < -0.4 is 14.8 Å². The number of carbonyl (C=O) groups excluding carboxylic acids is 1. The van der Waals surface area contributed by atoms with Crippen LogP contribution in [0.2, 0.25) is 0 Å². The first-order chi connectivity index (χ1) is 12.4. The first-order valence-electron chi connectivity index (χ1n) is 7.80. The van der Waals surface area contributed by atoms with Crippen molar-refractivity contribution in [3.8, 4) is 17.6 Å². The molecule has 1 amide bonds. The van der Waals surface area contributed by atoms with Crippen LogP contribution in [0.15, 0.2) is 42.5 Å². The van der Waals surface area contributed by atoms with Crippen LogP contribution in [0.25, 0.3) is 0 Å². The fourth-order valence-electron chi connectivity index (χ4n) is 2.48. The molecule has 7 nitrogen and oxygen atoms in total. The molecule has 1 aliphatic heterocycles. The maximum atomic E-state index is 12.2. The van der Waals surface area contributed by atoms with Crippen molar-refractivity contribution in [1.82, 2.24) is 5.32 Å². The zero-order valence-electron chi connectivity index (χ0n) is 13.8. The number of hydrogen-bond donors (Lipinski definition) is 1. The highest BCUT2D eigenvalue weighted by atomic mass is 32.2. The normalized spacial score (nSPS) is 12.4. The van der Waals surface area contributed by atoms with Crippen molar-refractivity contribution in [2.24, 2.45) is 0 Å². The Morgan fingerprint density at radius 1 is 1.08 bits per heavy atom. The third-order valence-corrected chi connectivity index (χ3v) is 5.22. The lowest BCUT2D eigenvalue weighted by Gasteiger charge is -2.07. The van der Waals surface area contributed by atoms with Gasteiger partial charge in [0, 0.05) is 6.54 Å². The minimum Gasteiger partial charge on any atom is -0.454 e. The summed E-state index contributed by atoms with van der Waals surface area (Å²) in [5.41, 5.74) is 1.77. The van der Waals surface area contributed by atoms with Gasteiger partial charge in [-0.25, -0.2) is 8.42 Å². The van der Waals surface area contributed by atoms with Gasteiger partial charge in [-0.1, -0.05) is 18.2 Å². The average Bonchev–Trinajstić information content (AvgIpc) is 3.07. The van der Waals surface area contributed by atoms with Gasteiger partial charge in [0.25, 0.3) is 0 Å². The number of nitrogens with zero attached hydrogens (tertiary/aromatic N) is 1. The molecule has 0 atom stereocenters. The number of sulfone groups is 1. The van der Waals surface area contributed by atoms with Crippen LogP contribution in [0.5, 0.6) is 11.5 Å². The van der Waals surface area contributed by atoms with Gasteiger partial charge in [-0.2, -0.15) is 5.26 Å². The monoisotopic (exact) mass is 372 g/mol. The number of fused-ring (bicyclic) bond motifs is 1. The van der Waals surface area contributed by atoms with E-state index in [1.165, 1.54) is 0 Å². The summed E-state index contributed by atoms with van der Waals surface area (Å²) >= 11 is 0. The number of nitriles is 1. The second kappa shape index (κ2) is 7.45. The Balaban J connectivity index is 1.54. The van der Waals surface area contributed by atoms with Gasteiger partial charge in [0.15, 0.2) is 21.3 Å². The van der Waals surface area contributed by atoms with E-state index in [-0.39, 0.29) is 19.1 Å². The van der Waals surface area contributed by atoms with Gasteiger partial charge >= 0.3 is 0 Å². The van der Waals surface area contributed by atoms with Gasteiger partial charge in [0.05, 0.1) is 17.4 Å². The second-order valence-corrected chi connectivity index (χ2v) is 7.87. The Labute approximate surface area is 151 Å². The van der Waals surface area contributed by atoms with Gasteiger partial charge < -0.3 is 14.8 Å². The fourth-order valence-corrected chi connectivity index (χ4v) is 3.79. The molecule has 0 aliphatic carbocycles. The van der Waals surface area contributed by atoms with Crippen LogP contribution in [-0.4, -0.2) is 26.9 Å². The fraction of sp³-hybridized carbons (Fsp3) is 0.222. The standard InChI is InChI=1S/C18H16N2O5S/c19-8-13-1-3-14(4-2-13)10-26(22,23)11-18(21)20-9-15-5-6-16-17(7-15)25-12-24-16/h1-7H,9-12H2,(H,20,21). The topological polar surface area (TPSA) is 105 Å². The molecule has 8 heteroatoms. The smallest absolute Gasteiger partial charge is 0.235 e. The van der Waals surface area contributed by atoms with E-state index in [1.54, 1.807) is 42.5 Å². The zero-order chi connectivity index (χ0) is 18.6. The molecule has 134 valence electrons. The minimum atomic E-state index is -3.61. The summed E-state index contributed by atoms with van der Waals surface area (Å²) < 4.78 is 34.8. The number of rotatable bonds is 6. The highest BCUT2D eigenvalue weighted by molar-refractivity contribution is 7.91. The molecule has 26 heavy (non-hydrogen) atoms. The lowest BCUT2D eigenvalue weighted by molar-refractivity contribution is -0.118. The van der Waals surface area contributed by atoms with E-state index < -0.39 is 21.5 Å². The Morgan fingerprint density at radius 2 is 1.77 bits per heavy atom. The van der Waals surface area contributed by atoms with Crippen LogP contribution >= 0.6 is 0 Å². The van der Waals surface area contributed by atoms with Crippen LogP contribution in [0.4, 0.5) is 0 Å². The van der Waals surface area contributed by atoms with Gasteiger partial charge in [-0.15, -0.1) is 0 Å². The van der Waals surface area contributed by atoms with Crippen molar-refractivity contribution >= 4 is 15.7 Å². The highest BCUT2D eigenvalue weighted by Crippen LogP contribution is 2.32. The molecule has 1 heterocycles. The quantitative estimate of drug-likeness (QED) is 0.824. The third kappa shape index (κ3) is 4.52. The van der Waals surface area contributed by atoms with Crippen molar-refractivity contribution < 1.29 is 22.7 Å². The van der Waals surface area contributed by atoms with Crippen molar-refractivity contribution in [2.45, 2.75) is 12.3 Å². The van der Waals surface area contributed by atoms with Crippen LogP contribution in [0.1, 0.15) is 16.7 Å². The summed E-state index contributed by atoms with van der Waals surface area (Å²) in [6.07, 6.45) is 0. The van der Waals surface area contributed by atoms with E-state index in [9.17, 15) is 13.2 Å². The zero-order valence-corrected chi connectivity index (χ0v) is 14.6. The second-order valence-electron chi connectivity index (χ2n) is 5.81. The van der Waals surface area contributed by atoms with Crippen LogP contribution in [0.3, 0.4) is 0 Å². The van der Waals surface area contributed by atoms with Gasteiger partial charge in [-0.05, 0) is 35.4 Å². The van der Waals surface area contributed by atoms with E-state index in [1.807, 2.05) is 6.07 Å². The largest absolute Gasteiger partial charge is 0.454 e. The molecular weight excluding hydrogens is 356 g/mol. The summed E-state index contributed by atoms with van der Waals surface area (Å²) in [5, 5.41) is 11.3. The first kappa shape index (κ1) is 17.8. The Hall–Kier alpha value is -3.05. The summed E-state index contributed by atoms with van der Waals surface area (Å²) in [6.45, 7) is 0.362. The minimum absolute atomic E-state index is 0.165. The lowest BCUT2D eigenvalue weighted by atomic mass is 10.2. The molecule has 0 aromatic heterocycles. The molecule has 0 unspecified atom stereocenters. The van der Waals surface area contributed by atoms with Gasteiger partial charge in [0.1, 0.15) is 5.75 Å². The van der Waals surface area contributed by atoms with Gasteiger partial charge in [0.2, 0.25) is 12.7 Å². The Kier molecular flexibility index (Phi) is 5.09. The first-order valence-corrected chi connectivity index (χ1v) is 9.62. The molecule has 1 N–H and O–H groups in total. The predicted molar refractivity (Wildman–Crippen MR) is 93.1 cm³/mol. The lowest BCUT2D eigenvalue weighted by Crippen LogP contribution is -2.30. The highest BCUT2D eigenvalue weighted by Gasteiger charge is 2.18. The average molecular weight is 372 g/mol. The van der Waals surface area contributed by atoms with E-state index in [4.69, 9.17) is 14.7 Å². The van der Waals surface area contributed by atoms with Crippen molar-refractivity contribution in [1.29, 1.82) is 5.26 Å². The van der Waals surface area contributed by atoms with Crippen LogP contribution in [-0.2, 0) is 26.9 Å². The van der Waals surface area contributed by atoms with Crippen molar-refractivity contribution in [3.05, 3.63) is 59.2 Å². The number of nitrogens with one attached hydrogen (secondary N) is 1. The number of hydrogen-bond acceptors (Lipinski definition) is 6. The molecule has 0 radical (unpaired) electrons. The van der Waals surface area contributed by atoms with Gasteiger partial charge in [-0.3, -0.25) is 4.79 Å². The molecular formula is C18H16N2O5S. The van der Waals surface area contributed by atoms with Crippen molar-refractivity contribution in [2.75, 3.05) is 12.5 Å². The molecule has 0 saturated heterocycles. The van der Waals surface area contributed by atoms with E-state index in [0.717, 1.165) is 5.56 Å². The molecule has 2 aromatic carbocycles. The number of benzene rings is 2. The summed E-state index contributed by atoms with van der Waals surface area (Å²) in [7, 11) is -3.61. The number of carbonyl (C=O) groups is 1. The van der Waals surface area contributed by atoms with E-state index >= 15 is 0 Å². The van der Waals surface area contributed by atoms with E-state index in [2.05, 4.69) is 5.32 Å².